The molecule has 2 aromatic carbocycles. The second kappa shape index (κ2) is 3.82. The summed E-state index contributed by atoms with van der Waals surface area (Å²) in [6.45, 7) is 2.15. The largest absolute Gasteiger partial charge is 0.300 e. The van der Waals surface area contributed by atoms with E-state index in [1.807, 2.05) is 6.07 Å². The Bertz CT molecular complexity index is 754. The molecular weight excluding hydrogens is 232 g/mol. The number of hydrogen-bond donors (Lipinski definition) is 0. The van der Waals surface area contributed by atoms with Crippen LogP contribution in [0.3, 0.4) is 0 Å². The van der Waals surface area contributed by atoms with Crippen LogP contribution in [-0.4, -0.2) is 9.55 Å². The third kappa shape index (κ3) is 1.46. The molecule has 2 nitrogen and oxygen atoms in total. The Kier molecular flexibility index (Phi) is 2.12. The summed E-state index contributed by atoms with van der Waals surface area (Å²) >= 11 is 0. The summed E-state index contributed by atoms with van der Waals surface area (Å²) < 4.78 is 2.29. The number of fused-ring (bicyclic) bond motifs is 3. The van der Waals surface area contributed by atoms with Crippen LogP contribution in [0.25, 0.3) is 16.9 Å². The van der Waals surface area contributed by atoms with Crippen LogP contribution >= 0.6 is 0 Å². The summed E-state index contributed by atoms with van der Waals surface area (Å²) in [5.41, 5.74) is 6.17. The monoisotopic (exact) mass is 246 g/mol. The van der Waals surface area contributed by atoms with Gasteiger partial charge in [0.2, 0.25) is 0 Å². The third-order valence-corrected chi connectivity index (χ3v) is 3.81. The van der Waals surface area contributed by atoms with Gasteiger partial charge in [-0.3, -0.25) is 4.57 Å². The van der Waals surface area contributed by atoms with Gasteiger partial charge < -0.3 is 0 Å². The molecule has 19 heavy (non-hydrogen) atoms. The maximum absolute atomic E-state index is 4.84. The average molecular weight is 246 g/mol. The molecule has 0 fully saturated rings. The van der Waals surface area contributed by atoms with Gasteiger partial charge in [0.15, 0.2) is 0 Å². The van der Waals surface area contributed by atoms with Gasteiger partial charge in [-0.25, -0.2) is 4.98 Å². The Morgan fingerprint density at radius 3 is 2.53 bits per heavy atom. The SMILES string of the molecule is Cc1c(-c2ccccc2)nc2n1-c1ccccc1C2. The summed E-state index contributed by atoms with van der Waals surface area (Å²) in [4.78, 5) is 4.84. The standard InChI is InChI=1S/C17H14N2/c1-12-17(13-7-3-2-4-8-13)18-16-11-14-9-5-6-10-15(14)19(12)16/h2-10H,11H2,1H3. The lowest BCUT2D eigenvalue weighted by Crippen LogP contribution is -1.94. The number of nitrogens with zero attached hydrogens (tertiary/aromatic N) is 2. The van der Waals surface area contributed by atoms with Crippen LogP contribution in [0.1, 0.15) is 17.1 Å². The highest BCUT2D eigenvalue weighted by molar-refractivity contribution is 5.65. The molecule has 0 unspecified atom stereocenters. The zero-order chi connectivity index (χ0) is 12.8. The zero-order valence-electron chi connectivity index (χ0n) is 10.8. The van der Waals surface area contributed by atoms with Crippen molar-refractivity contribution >= 4 is 0 Å². The Hall–Kier alpha value is -2.35. The maximum Gasteiger partial charge on any atom is 0.118 e. The highest BCUT2D eigenvalue weighted by Gasteiger charge is 2.23. The van der Waals surface area contributed by atoms with Crippen molar-refractivity contribution in [1.29, 1.82) is 0 Å². The molecule has 1 aliphatic rings. The van der Waals surface area contributed by atoms with E-state index >= 15 is 0 Å². The highest BCUT2D eigenvalue weighted by atomic mass is 15.1. The molecular formula is C17H14N2. The number of para-hydroxylation sites is 1. The van der Waals surface area contributed by atoms with Gasteiger partial charge in [0.25, 0.3) is 0 Å². The molecule has 1 aromatic heterocycles. The second-order valence-corrected chi connectivity index (χ2v) is 4.97. The summed E-state index contributed by atoms with van der Waals surface area (Å²) in [7, 11) is 0. The smallest absolute Gasteiger partial charge is 0.118 e. The topological polar surface area (TPSA) is 17.8 Å². The van der Waals surface area contributed by atoms with Crippen LogP contribution in [0.5, 0.6) is 0 Å². The molecule has 2 heterocycles. The molecule has 0 spiro atoms. The molecule has 1 aliphatic heterocycles. The lowest BCUT2D eigenvalue weighted by molar-refractivity contribution is 0.966. The van der Waals surface area contributed by atoms with E-state index in [9.17, 15) is 0 Å². The fourth-order valence-electron chi connectivity index (χ4n) is 2.92. The quantitative estimate of drug-likeness (QED) is 0.500. The molecule has 3 aromatic rings. The van der Waals surface area contributed by atoms with Gasteiger partial charge in [-0.15, -0.1) is 0 Å². The molecule has 0 saturated carbocycles. The van der Waals surface area contributed by atoms with Gasteiger partial charge in [-0.05, 0) is 18.6 Å². The fraction of sp³-hybridized carbons (Fsp3) is 0.118. The van der Waals surface area contributed by atoms with Gasteiger partial charge in [0, 0.05) is 17.7 Å². The van der Waals surface area contributed by atoms with E-state index in [0.717, 1.165) is 17.9 Å². The van der Waals surface area contributed by atoms with Crippen molar-refractivity contribution in [3.8, 4) is 16.9 Å². The first-order valence-electron chi connectivity index (χ1n) is 6.56. The van der Waals surface area contributed by atoms with Crippen molar-refractivity contribution in [2.24, 2.45) is 0 Å². The summed E-state index contributed by atoms with van der Waals surface area (Å²) in [5, 5.41) is 0. The molecule has 0 N–H and O–H groups in total. The first-order chi connectivity index (χ1) is 9.34. The van der Waals surface area contributed by atoms with Crippen LogP contribution in [-0.2, 0) is 6.42 Å². The number of rotatable bonds is 1. The van der Waals surface area contributed by atoms with Crippen LogP contribution in [0.2, 0.25) is 0 Å². The Morgan fingerprint density at radius 2 is 1.68 bits per heavy atom. The second-order valence-electron chi connectivity index (χ2n) is 4.97. The van der Waals surface area contributed by atoms with E-state index < -0.39 is 0 Å². The minimum Gasteiger partial charge on any atom is -0.300 e. The summed E-state index contributed by atoms with van der Waals surface area (Å²) in [6, 6.07) is 19.0. The predicted octanol–water partition coefficient (Wildman–Crippen LogP) is 3.75. The van der Waals surface area contributed by atoms with E-state index in [0.29, 0.717) is 0 Å². The minimum absolute atomic E-state index is 0.934. The first kappa shape index (κ1) is 10.6. The van der Waals surface area contributed by atoms with Crippen molar-refractivity contribution in [1.82, 2.24) is 9.55 Å². The predicted molar refractivity (Wildman–Crippen MR) is 76.5 cm³/mol. The maximum atomic E-state index is 4.84. The van der Waals surface area contributed by atoms with Crippen molar-refractivity contribution in [2.75, 3.05) is 0 Å². The molecule has 0 atom stereocenters. The van der Waals surface area contributed by atoms with E-state index in [1.54, 1.807) is 0 Å². The number of aromatic nitrogens is 2. The lowest BCUT2D eigenvalue weighted by Gasteiger charge is -2.05. The van der Waals surface area contributed by atoms with Crippen molar-refractivity contribution in [3.63, 3.8) is 0 Å². The average Bonchev–Trinajstić information content (AvgIpc) is 2.97. The molecule has 0 bridgehead atoms. The molecule has 0 amide bonds. The minimum atomic E-state index is 0.934. The number of imidazole rings is 1. The van der Waals surface area contributed by atoms with Gasteiger partial charge >= 0.3 is 0 Å². The molecule has 92 valence electrons. The number of benzene rings is 2. The van der Waals surface area contributed by atoms with Crippen LogP contribution in [0, 0.1) is 6.92 Å². The normalized spacial score (nSPS) is 12.3. The molecule has 0 aliphatic carbocycles. The zero-order valence-corrected chi connectivity index (χ0v) is 10.8. The van der Waals surface area contributed by atoms with E-state index in [2.05, 4.69) is 60.0 Å². The Balaban J connectivity index is 1.94. The van der Waals surface area contributed by atoms with Crippen LogP contribution in [0.15, 0.2) is 54.6 Å². The van der Waals surface area contributed by atoms with Gasteiger partial charge in [-0.2, -0.15) is 0 Å². The van der Waals surface area contributed by atoms with Crippen LogP contribution < -0.4 is 0 Å². The van der Waals surface area contributed by atoms with E-state index in [4.69, 9.17) is 4.98 Å². The van der Waals surface area contributed by atoms with Gasteiger partial charge in [-0.1, -0.05) is 48.5 Å². The molecule has 0 saturated heterocycles. The highest BCUT2D eigenvalue weighted by Crippen LogP contribution is 2.33. The molecule has 2 heteroatoms. The summed E-state index contributed by atoms with van der Waals surface area (Å²) in [6.07, 6.45) is 0.934. The Labute approximate surface area is 112 Å². The van der Waals surface area contributed by atoms with E-state index in [-0.39, 0.29) is 0 Å². The lowest BCUT2D eigenvalue weighted by atomic mass is 10.1. The van der Waals surface area contributed by atoms with Crippen LogP contribution in [0.4, 0.5) is 0 Å². The first-order valence-corrected chi connectivity index (χ1v) is 6.56. The van der Waals surface area contributed by atoms with Crippen molar-refractivity contribution < 1.29 is 0 Å². The van der Waals surface area contributed by atoms with Gasteiger partial charge in [0.1, 0.15) is 5.82 Å². The van der Waals surface area contributed by atoms with Crippen molar-refractivity contribution in [2.45, 2.75) is 13.3 Å². The molecule has 0 radical (unpaired) electrons. The van der Waals surface area contributed by atoms with Gasteiger partial charge in [0.05, 0.1) is 11.4 Å². The summed E-state index contributed by atoms with van der Waals surface area (Å²) in [5.74, 6) is 1.15. The molecule has 4 rings (SSSR count). The fourth-order valence-corrected chi connectivity index (χ4v) is 2.92. The number of hydrogen-bond acceptors (Lipinski definition) is 1. The van der Waals surface area contributed by atoms with Crippen molar-refractivity contribution in [3.05, 3.63) is 71.7 Å². The van der Waals surface area contributed by atoms with E-state index in [1.165, 1.54) is 22.5 Å². The third-order valence-electron chi connectivity index (χ3n) is 3.81. The Morgan fingerprint density at radius 1 is 0.947 bits per heavy atom.